The smallest absolute Gasteiger partial charge is 0.252 e. The van der Waals surface area contributed by atoms with Gasteiger partial charge in [-0.2, -0.15) is 0 Å². The average molecular weight is 260 g/mol. The summed E-state index contributed by atoms with van der Waals surface area (Å²) < 4.78 is 13.2. The number of nitrogen functional groups attached to an aromatic ring is 1. The standard InChI is InChI=1S/C13H13FN4O/c1-18(10-4-2-3-8(14)5-10)13-11(12(16)19)6-9(15)7-17-13/h2-7H,15H2,1H3,(H2,16,19). The van der Waals surface area contributed by atoms with Crippen molar-refractivity contribution in [3.8, 4) is 0 Å². The zero-order chi connectivity index (χ0) is 14.0. The fourth-order valence-corrected chi connectivity index (χ4v) is 1.73. The van der Waals surface area contributed by atoms with Crippen LogP contribution in [0.15, 0.2) is 36.5 Å². The summed E-state index contributed by atoms with van der Waals surface area (Å²) in [5.41, 5.74) is 12.0. The van der Waals surface area contributed by atoms with Gasteiger partial charge in [0.25, 0.3) is 5.91 Å². The molecule has 0 fully saturated rings. The van der Waals surface area contributed by atoms with Gasteiger partial charge >= 0.3 is 0 Å². The van der Waals surface area contributed by atoms with Crippen molar-refractivity contribution >= 4 is 23.1 Å². The van der Waals surface area contributed by atoms with E-state index in [1.54, 1.807) is 24.1 Å². The molecule has 6 heteroatoms. The quantitative estimate of drug-likeness (QED) is 0.879. The zero-order valence-corrected chi connectivity index (χ0v) is 10.3. The summed E-state index contributed by atoms with van der Waals surface area (Å²) in [5.74, 6) is -0.689. The number of aromatic nitrogens is 1. The van der Waals surface area contributed by atoms with Crippen LogP contribution in [0, 0.1) is 5.82 Å². The largest absolute Gasteiger partial charge is 0.397 e. The number of anilines is 3. The van der Waals surface area contributed by atoms with E-state index in [1.165, 1.54) is 24.4 Å². The van der Waals surface area contributed by atoms with Crippen LogP contribution >= 0.6 is 0 Å². The van der Waals surface area contributed by atoms with E-state index in [-0.39, 0.29) is 11.4 Å². The highest BCUT2D eigenvalue weighted by Crippen LogP contribution is 2.26. The van der Waals surface area contributed by atoms with Crippen molar-refractivity contribution < 1.29 is 9.18 Å². The Morgan fingerprint density at radius 1 is 1.37 bits per heavy atom. The van der Waals surface area contributed by atoms with E-state index >= 15 is 0 Å². The minimum Gasteiger partial charge on any atom is -0.397 e. The number of primary amides is 1. The number of amides is 1. The summed E-state index contributed by atoms with van der Waals surface area (Å²) in [4.78, 5) is 17.1. The fourth-order valence-electron chi connectivity index (χ4n) is 1.73. The van der Waals surface area contributed by atoms with Crippen LogP contribution in [0.2, 0.25) is 0 Å². The van der Waals surface area contributed by atoms with E-state index in [2.05, 4.69) is 4.98 Å². The molecule has 2 rings (SSSR count). The van der Waals surface area contributed by atoms with E-state index in [9.17, 15) is 9.18 Å². The Labute approximate surface area is 109 Å². The van der Waals surface area contributed by atoms with Crippen molar-refractivity contribution in [2.24, 2.45) is 5.73 Å². The van der Waals surface area contributed by atoms with E-state index in [4.69, 9.17) is 11.5 Å². The molecule has 0 aliphatic heterocycles. The summed E-state index contributed by atoms with van der Waals surface area (Å²) in [7, 11) is 1.67. The van der Waals surface area contributed by atoms with E-state index in [0.29, 0.717) is 17.2 Å². The molecule has 1 heterocycles. The Bertz CT molecular complexity index is 630. The van der Waals surface area contributed by atoms with Gasteiger partial charge in [0.15, 0.2) is 0 Å². The first-order valence-electron chi connectivity index (χ1n) is 5.53. The van der Waals surface area contributed by atoms with Crippen LogP contribution in [0.5, 0.6) is 0 Å². The number of halogens is 1. The number of pyridine rings is 1. The molecule has 19 heavy (non-hydrogen) atoms. The van der Waals surface area contributed by atoms with Crippen LogP contribution in [0.3, 0.4) is 0 Å². The predicted molar refractivity (Wildman–Crippen MR) is 71.6 cm³/mol. The topological polar surface area (TPSA) is 85.2 Å². The molecule has 5 nitrogen and oxygen atoms in total. The van der Waals surface area contributed by atoms with Gasteiger partial charge in [0.1, 0.15) is 11.6 Å². The van der Waals surface area contributed by atoms with Gasteiger partial charge in [0, 0.05) is 12.7 Å². The molecule has 0 bridgehead atoms. The molecule has 1 aromatic heterocycles. The summed E-state index contributed by atoms with van der Waals surface area (Å²) in [5, 5.41) is 0. The molecule has 0 aliphatic carbocycles. The van der Waals surface area contributed by atoms with Gasteiger partial charge < -0.3 is 16.4 Å². The van der Waals surface area contributed by atoms with Crippen molar-refractivity contribution in [2.75, 3.05) is 17.7 Å². The third-order valence-electron chi connectivity index (χ3n) is 2.67. The normalized spacial score (nSPS) is 10.2. The van der Waals surface area contributed by atoms with Gasteiger partial charge in [-0.1, -0.05) is 6.07 Å². The Balaban J connectivity index is 2.49. The van der Waals surface area contributed by atoms with Gasteiger partial charge in [0.05, 0.1) is 17.4 Å². The van der Waals surface area contributed by atoms with Crippen molar-refractivity contribution in [1.29, 1.82) is 0 Å². The molecule has 1 aromatic carbocycles. The second kappa shape index (κ2) is 4.93. The van der Waals surface area contributed by atoms with Crippen LogP contribution in [0.4, 0.5) is 21.6 Å². The number of rotatable bonds is 3. The molecule has 0 saturated heterocycles. The van der Waals surface area contributed by atoms with Crippen molar-refractivity contribution in [1.82, 2.24) is 4.98 Å². The minimum atomic E-state index is -0.641. The van der Waals surface area contributed by atoms with Gasteiger partial charge in [-0.15, -0.1) is 0 Å². The third-order valence-corrected chi connectivity index (χ3v) is 2.67. The fraction of sp³-hybridized carbons (Fsp3) is 0.0769. The molecule has 0 aliphatic rings. The highest BCUT2D eigenvalue weighted by Gasteiger charge is 2.15. The number of nitrogens with zero attached hydrogens (tertiary/aromatic N) is 2. The molecule has 2 aromatic rings. The number of carbonyl (C=O) groups is 1. The third kappa shape index (κ3) is 2.62. The SMILES string of the molecule is CN(c1cccc(F)c1)c1ncc(N)cc1C(N)=O. The number of carbonyl (C=O) groups excluding carboxylic acids is 1. The second-order valence-corrected chi connectivity index (χ2v) is 4.04. The Morgan fingerprint density at radius 3 is 2.74 bits per heavy atom. The second-order valence-electron chi connectivity index (χ2n) is 4.04. The number of benzene rings is 1. The molecule has 0 saturated carbocycles. The van der Waals surface area contributed by atoms with Gasteiger partial charge in [-0.05, 0) is 24.3 Å². The van der Waals surface area contributed by atoms with Gasteiger partial charge in [-0.25, -0.2) is 9.37 Å². The molecule has 0 spiro atoms. The van der Waals surface area contributed by atoms with Crippen molar-refractivity contribution in [3.05, 3.63) is 47.9 Å². The monoisotopic (exact) mass is 260 g/mol. The first-order chi connectivity index (χ1) is 8.99. The number of nitrogens with two attached hydrogens (primary N) is 2. The Morgan fingerprint density at radius 2 is 2.11 bits per heavy atom. The summed E-state index contributed by atoms with van der Waals surface area (Å²) in [6.45, 7) is 0. The first kappa shape index (κ1) is 12.8. The first-order valence-corrected chi connectivity index (χ1v) is 5.53. The summed E-state index contributed by atoms with van der Waals surface area (Å²) >= 11 is 0. The van der Waals surface area contributed by atoms with E-state index in [1.807, 2.05) is 0 Å². The molecular formula is C13H13FN4O. The lowest BCUT2D eigenvalue weighted by Crippen LogP contribution is -2.20. The lowest BCUT2D eigenvalue weighted by Gasteiger charge is -2.20. The molecule has 0 unspecified atom stereocenters. The van der Waals surface area contributed by atoms with Crippen LogP contribution in [-0.2, 0) is 0 Å². The molecule has 1 amide bonds. The van der Waals surface area contributed by atoms with Gasteiger partial charge in [0.2, 0.25) is 0 Å². The molecule has 0 atom stereocenters. The molecular weight excluding hydrogens is 247 g/mol. The van der Waals surface area contributed by atoms with Crippen LogP contribution in [0.1, 0.15) is 10.4 Å². The molecule has 0 radical (unpaired) electrons. The van der Waals surface area contributed by atoms with Crippen LogP contribution in [-0.4, -0.2) is 17.9 Å². The maximum Gasteiger partial charge on any atom is 0.252 e. The van der Waals surface area contributed by atoms with Crippen LogP contribution in [0.25, 0.3) is 0 Å². The highest BCUT2D eigenvalue weighted by atomic mass is 19.1. The van der Waals surface area contributed by atoms with Crippen LogP contribution < -0.4 is 16.4 Å². The van der Waals surface area contributed by atoms with Crippen molar-refractivity contribution in [2.45, 2.75) is 0 Å². The minimum absolute atomic E-state index is 0.187. The summed E-state index contributed by atoms with van der Waals surface area (Å²) in [6, 6.07) is 7.39. The number of hydrogen-bond donors (Lipinski definition) is 2. The number of hydrogen-bond acceptors (Lipinski definition) is 4. The maximum atomic E-state index is 13.2. The highest BCUT2D eigenvalue weighted by molar-refractivity contribution is 5.99. The van der Waals surface area contributed by atoms with Crippen molar-refractivity contribution in [3.63, 3.8) is 0 Å². The molecule has 98 valence electrons. The van der Waals surface area contributed by atoms with E-state index < -0.39 is 5.91 Å². The average Bonchev–Trinajstić information content (AvgIpc) is 2.37. The maximum absolute atomic E-state index is 13.2. The predicted octanol–water partition coefficient (Wildman–Crippen LogP) is 1.67. The lowest BCUT2D eigenvalue weighted by atomic mass is 10.2. The Kier molecular flexibility index (Phi) is 3.33. The van der Waals surface area contributed by atoms with E-state index in [0.717, 1.165) is 0 Å². The Hall–Kier alpha value is -2.63. The summed E-state index contributed by atoms with van der Waals surface area (Å²) in [6.07, 6.45) is 1.41. The zero-order valence-electron chi connectivity index (χ0n) is 10.3. The lowest BCUT2D eigenvalue weighted by molar-refractivity contribution is 0.100. The molecule has 4 N–H and O–H groups in total. The van der Waals surface area contributed by atoms with Gasteiger partial charge in [-0.3, -0.25) is 4.79 Å².